The summed E-state index contributed by atoms with van der Waals surface area (Å²) >= 11 is 1.19. The van der Waals surface area contributed by atoms with Gasteiger partial charge in [-0.25, -0.2) is 14.3 Å². The van der Waals surface area contributed by atoms with Crippen molar-refractivity contribution in [1.29, 1.82) is 0 Å². The van der Waals surface area contributed by atoms with E-state index < -0.39 is 32.1 Å². The first-order chi connectivity index (χ1) is 12.5. The van der Waals surface area contributed by atoms with Gasteiger partial charge in [0.05, 0.1) is 22.8 Å². The van der Waals surface area contributed by atoms with Gasteiger partial charge in [-0.05, 0) is 50.1 Å². The van der Waals surface area contributed by atoms with Crippen molar-refractivity contribution in [2.75, 3.05) is 0 Å². The van der Waals surface area contributed by atoms with Gasteiger partial charge >= 0.3 is 0 Å². The summed E-state index contributed by atoms with van der Waals surface area (Å²) in [4.78, 5) is 5.22. The second-order valence-electron chi connectivity index (χ2n) is 11.3. The van der Waals surface area contributed by atoms with Crippen LogP contribution in [0.25, 0.3) is 0 Å². The van der Waals surface area contributed by atoms with Gasteiger partial charge in [0.2, 0.25) is 4.34 Å². The fraction of sp³-hybridized carbons (Fsp3) is 0.842. The molecule has 1 aromatic heterocycles. The molecule has 6 nitrogen and oxygen atoms in total. The summed E-state index contributed by atoms with van der Waals surface area (Å²) in [6.07, 6.45) is 0. The van der Waals surface area contributed by atoms with Crippen LogP contribution < -0.4 is 5.14 Å². The van der Waals surface area contributed by atoms with Crippen molar-refractivity contribution in [2.24, 2.45) is 9.17 Å². The molecule has 0 aliphatic rings. The van der Waals surface area contributed by atoms with Crippen LogP contribution in [0.4, 0.5) is 0 Å². The van der Waals surface area contributed by atoms with Crippen LogP contribution in [0.5, 0.6) is 0 Å². The maximum Gasteiger partial charge on any atom is 0.204 e. The zero-order chi connectivity index (χ0) is 23.3. The first-order valence-corrected chi connectivity index (χ1v) is 18.2. The molecule has 0 bridgehead atoms. The average molecular weight is 480 g/mol. The molecule has 0 fully saturated rings. The molecule has 0 aliphatic carbocycles. The number of nitrogens with two attached hydrogens (primary N) is 1. The Labute approximate surface area is 184 Å². The maximum absolute atomic E-state index is 13.4. The summed E-state index contributed by atoms with van der Waals surface area (Å²) in [7, 11) is -7.41. The van der Waals surface area contributed by atoms with Crippen LogP contribution >= 0.6 is 11.3 Å². The molecule has 0 saturated carbocycles. The van der Waals surface area contributed by atoms with E-state index in [1.54, 1.807) is 13.8 Å². The number of nitrogens with zero attached hydrogens (tertiary/aromatic N) is 2. The van der Waals surface area contributed by atoms with Crippen molar-refractivity contribution in [3.63, 3.8) is 0 Å². The maximum atomic E-state index is 13.4. The predicted molar refractivity (Wildman–Crippen MR) is 130 cm³/mol. The molecule has 0 radical (unpaired) electrons. The van der Waals surface area contributed by atoms with Crippen LogP contribution in [0, 0.1) is 0 Å². The molecule has 1 unspecified atom stereocenters. The van der Waals surface area contributed by atoms with Crippen LogP contribution in [0.2, 0.25) is 36.3 Å². The quantitative estimate of drug-likeness (QED) is 0.519. The lowest BCUT2D eigenvalue weighted by atomic mass is 10.1. The van der Waals surface area contributed by atoms with E-state index in [1.165, 1.54) is 11.3 Å². The highest BCUT2D eigenvalue weighted by atomic mass is 32.2. The topological polar surface area (TPSA) is 97.8 Å². The van der Waals surface area contributed by atoms with Crippen molar-refractivity contribution < 1.29 is 13.7 Å². The van der Waals surface area contributed by atoms with Crippen LogP contribution in [-0.4, -0.2) is 30.9 Å². The van der Waals surface area contributed by atoms with Crippen molar-refractivity contribution in [3.8, 4) is 0 Å². The summed E-state index contributed by atoms with van der Waals surface area (Å²) in [6, 6.07) is 0. The average Bonchev–Trinajstić information content (AvgIpc) is 2.86. The minimum atomic E-state index is -3.16. The van der Waals surface area contributed by atoms with Gasteiger partial charge in [0.25, 0.3) is 0 Å². The minimum absolute atomic E-state index is 0.0554. The first kappa shape index (κ1) is 26.9. The number of aliphatic hydroxyl groups is 1. The molecule has 0 amide bonds. The van der Waals surface area contributed by atoms with E-state index in [-0.39, 0.29) is 21.0 Å². The molecule has 0 aromatic carbocycles. The normalized spacial score (nSPS) is 16.6. The third-order valence-electron chi connectivity index (χ3n) is 6.06. The van der Waals surface area contributed by atoms with Gasteiger partial charge in [0.15, 0.2) is 26.5 Å². The Balaban J connectivity index is 3.46. The third-order valence-corrected chi connectivity index (χ3v) is 19.9. The van der Waals surface area contributed by atoms with E-state index in [4.69, 9.17) is 9.56 Å². The highest BCUT2D eigenvalue weighted by molar-refractivity contribution is 7.94. The number of rotatable bonds is 6. The van der Waals surface area contributed by atoms with Crippen LogP contribution in [0.15, 0.2) is 8.37 Å². The Bertz CT molecular complexity index is 852. The van der Waals surface area contributed by atoms with Crippen molar-refractivity contribution in [3.05, 3.63) is 10.6 Å². The van der Waals surface area contributed by atoms with Crippen molar-refractivity contribution >= 4 is 37.8 Å². The number of aromatic nitrogens is 1. The fourth-order valence-corrected chi connectivity index (χ4v) is 9.17. The number of hydrogen-bond donors (Lipinski definition) is 2. The fourth-order valence-electron chi connectivity index (χ4n) is 2.01. The standard InChI is InChI=1S/C19H41N3O3S2Si2/c1-17(2,3)28(9,10)22-27(20,24)16-21-14(15(26-16)19(7,8)23)13-25-29(11,12)18(4,5)6/h23H,13H2,1-12H3,(H2,20,22,24). The second-order valence-corrected chi connectivity index (χ2v) is 24.3. The van der Waals surface area contributed by atoms with E-state index >= 15 is 0 Å². The zero-order valence-corrected chi connectivity index (χ0v) is 23.9. The smallest absolute Gasteiger partial charge is 0.204 e. The van der Waals surface area contributed by atoms with Gasteiger partial charge in [-0.1, -0.05) is 41.5 Å². The van der Waals surface area contributed by atoms with Crippen LogP contribution in [0.1, 0.15) is 66.0 Å². The summed E-state index contributed by atoms with van der Waals surface area (Å²) in [6.45, 7) is 24.9. The SMILES string of the molecule is CC(C)(O)c1sc(S(N)(=O)=N[Si](C)(C)C(C)(C)C)nc1CO[Si](C)(C)C(C)(C)C. The van der Waals surface area contributed by atoms with Gasteiger partial charge in [-0.2, -0.15) is 0 Å². The zero-order valence-electron chi connectivity index (χ0n) is 20.3. The second kappa shape index (κ2) is 8.10. The molecule has 0 aliphatic heterocycles. The molecular formula is C19H41N3O3S2Si2. The Morgan fingerprint density at radius 1 is 1.07 bits per heavy atom. The largest absolute Gasteiger partial charge is 0.411 e. The monoisotopic (exact) mass is 479 g/mol. The molecule has 1 aromatic rings. The van der Waals surface area contributed by atoms with Crippen molar-refractivity contribution in [1.82, 2.24) is 4.98 Å². The molecule has 3 N–H and O–H groups in total. The van der Waals surface area contributed by atoms with Crippen molar-refractivity contribution in [2.45, 2.75) is 108 Å². The van der Waals surface area contributed by atoms with E-state index in [0.717, 1.165) is 0 Å². The lowest BCUT2D eigenvalue weighted by Gasteiger charge is -2.36. The van der Waals surface area contributed by atoms with Crippen LogP contribution in [-0.2, 0) is 26.5 Å². The highest BCUT2D eigenvalue weighted by Gasteiger charge is 2.40. The van der Waals surface area contributed by atoms with Gasteiger partial charge < -0.3 is 9.53 Å². The lowest BCUT2D eigenvalue weighted by Crippen LogP contribution is -2.40. The summed E-state index contributed by atoms with van der Waals surface area (Å²) in [5.41, 5.74) is -0.528. The molecule has 10 heteroatoms. The van der Waals surface area contributed by atoms with E-state index in [0.29, 0.717) is 10.6 Å². The molecule has 29 heavy (non-hydrogen) atoms. The summed E-state index contributed by atoms with van der Waals surface area (Å²) in [5, 5.41) is 16.9. The Kier molecular flexibility index (Phi) is 7.53. The van der Waals surface area contributed by atoms with E-state index in [2.05, 4.69) is 76.7 Å². The number of hydrogen-bond acceptors (Lipinski definition) is 6. The molecule has 1 rings (SSSR count). The predicted octanol–water partition coefficient (Wildman–Crippen LogP) is 5.60. The molecule has 1 atom stereocenters. The Morgan fingerprint density at radius 2 is 1.55 bits per heavy atom. The highest BCUT2D eigenvalue weighted by Crippen LogP contribution is 2.40. The molecular weight excluding hydrogens is 439 g/mol. The molecule has 170 valence electrons. The van der Waals surface area contributed by atoms with E-state index in [9.17, 15) is 9.32 Å². The summed E-state index contributed by atoms with van der Waals surface area (Å²) in [5.74, 6) is 0. The Hall–Kier alpha value is -0.106. The van der Waals surface area contributed by atoms with Gasteiger partial charge in [-0.15, -0.1) is 11.3 Å². The van der Waals surface area contributed by atoms with Gasteiger partial charge in [0, 0.05) is 0 Å². The molecule has 0 saturated heterocycles. The van der Waals surface area contributed by atoms with E-state index in [1.807, 2.05) is 0 Å². The van der Waals surface area contributed by atoms with Crippen LogP contribution in [0.3, 0.4) is 0 Å². The summed E-state index contributed by atoms with van der Waals surface area (Å²) < 4.78 is 24.6. The first-order valence-electron chi connectivity index (χ1n) is 9.94. The number of thiazole rings is 1. The van der Waals surface area contributed by atoms with Gasteiger partial charge in [-0.3, -0.25) is 4.03 Å². The lowest BCUT2D eigenvalue weighted by molar-refractivity contribution is 0.0798. The minimum Gasteiger partial charge on any atom is -0.411 e. The molecule has 0 spiro atoms. The van der Waals surface area contributed by atoms with Gasteiger partial charge in [0.1, 0.15) is 0 Å². The third kappa shape index (κ3) is 6.44. The Morgan fingerprint density at radius 3 is 1.93 bits per heavy atom. The molecule has 1 heterocycles.